The van der Waals surface area contributed by atoms with Crippen LogP contribution in [-0.4, -0.2) is 11.8 Å². The van der Waals surface area contributed by atoms with E-state index in [0.29, 0.717) is 6.54 Å². The molecule has 0 saturated carbocycles. The summed E-state index contributed by atoms with van der Waals surface area (Å²) in [5, 5.41) is 1.36. The standard InChI is InChI=1S/C17H29NO2/c1-4-7-8-9-10-11-12-13-14-15-18(19-16-5-2)20-17-6-3/h4,7-15H2,1-3H3. The first-order valence-electron chi connectivity index (χ1n) is 7.80. The number of hydrogen-bond donors (Lipinski definition) is 0. The van der Waals surface area contributed by atoms with Gasteiger partial charge in [-0.15, -0.1) is 0 Å². The molecule has 0 saturated heterocycles. The van der Waals surface area contributed by atoms with Gasteiger partial charge in [-0.1, -0.05) is 70.1 Å². The minimum Gasteiger partial charge on any atom is -0.317 e. The highest BCUT2D eigenvalue weighted by Gasteiger charge is 2.04. The van der Waals surface area contributed by atoms with Crippen LogP contribution in [0.3, 0.4) is 0 Å². The Labute approximate surface area is 124 Å². The van der Waals surface area contributed by atoms with Gasteiger partial charge in [0.05, 0.1) is 6.54 Å². The minimum atomic E-state index is 0.694. The summed E-state index contributed by atoms with van der Waals surface area (Å²) < 4.78 is 0. The Hall–Kier alpha value is -1.32. The van der Waals surface area contributed by atoms with Gasteiger partial charge in [-0.25, -0.2) is 0 Å². The number of unbranched alkanes of at least 4 members (excludes halogenated alkanes) is 8. The SMILES string of the molecule is CC#CON(CCCCCCCCCCC)OC#CC. The molecule has 0 amide bonds. The molecule has 0 aromatic heterocycles. The van der Waals surface area contributed by atoms with Crippen LogP contribution in [0.1, 0.15) is 78.6 Å². The first-order valence-corrected chi connectivity index (χ1v) is 7.80. The third kappa shape index (κ3) is 13.1. The van der Waals surface area contributed by atoms with Gasteiger partial charge in [0.2, 0.25) is 0 Å². The van der Waals surface area contributed by atoms with Crippen molar-refractivity contribution in [2.45, 2.75) is 78.6 Å². The summed E-state index contributed by atoms with van der Waals surface area (Å²) in [6.07, 6.45) is 16.7. The van der Waals surface area contributed by atoms with E-state index in [2.05, 4.69) is 31.0 Å². The molecule has 0 atom stereocenters. The van der Waals surface area contributed by atoms with Crippen LogP contribution in [0.2, 0.25) is 0 Å². The van der Waals surface area contributed by atoms with Gasteiger partial charge >= 0.3 is 0 Å². The molecule has 0 N–H and O–H groups in total. The zero-order chi connectivity index (χ0) is 14.9. The molecule has 3 nitrogen and oxygen atoms in total. The van der Waals surface area contributed by atoms with Crippen molar-refractivity contribution in [3.63, 3.8) is 0 Å². The average Bonchev–Trinajstić information content (AvgIpc) is 2.47. The van der Waals surface area contributed by atoms with Gasteiger partial charge in [0.25, 0.3) is 0 Å². The Bertz CT molecular complexity index is 297. The molecule has 0 radical (unpaired) electrons. The van der Waals surface area contributed by atoms with Gasteiger partial charge in [-0.3, -0.25) is 0 Å². The van der Waals surface area contributed by atoms with Crippen molar-refractivity contribution < 1.29 is 9.68 Å². The van der Waals surface area contributed by atoms with Crippen molar-refractivity contribution in [3.8, 4) is 24.1 Å². The summed E-state index contributed by atoms with van der Waals surface area (Å²) in [5.74, 6) is 5.34. The number of rotatable bonds is 12. The van der Waals surface area contributed by atoms with Gasteiger partial charge in [0, 0.05) is 19.1 Å². The van der Waals surface area contributed by atoms with Crippen LogP contribution in [0.5, 0.6) is 0 Å². The summed E-state index contributed by atoms with van der Waals surface area (Å²) in [6.45, 7) is 6.39. The second-order valence-corrected chi connectivity index (χ2v) is 4.77. The maximum atomic E-state index is 5.11. The van der Waals surface area contributed by atoms with Crippen LogP contribution in [-0.2, 0) is 9.68 Å². The fraction of sp³-hybridized carbons (Fsp3) is 0.765. The zero-order valence-electron chi connectivity index (χ0n) is 13.3. The summed E-state index contributed by atoms with van der Waals surface area (Å²) in [4.78, 5) is 10.2. The van der Waals surface area contributed by atoms with E-state index < -0.39 is 0 Å². The molecule has 0 aliphatic heterocycles. The Kier molecular flexibility index (Phi) is 14.7. The molecular weight excluding hydrogens is 250 g/mol. The molecule has 0 aromatic carbocycles. The Morgan fingerprint density at radius 3 is 1.60 bits per heavy atom. The fourth-order valence-corrected chi connectivity index (χ4v) is 1.85. The van der Waals surface area contributed by atoms with E-state index in [9.17, 15) is 0 Å². The minimum absolute atomic E-state index is 0.694. The molecule has 0 heterocycles. The molecule has 0 rings (SSSR count). The normalized spacial score (nSPS) is 9.40. The summed E-state index contributed by atoms with van der Waals surface area (Å²) in [5.41, 5.74) is 0. The maximum Gasteiger partial charge on any atom is 0.142 e. The van der Waals surface area contributed by atoms with Crippen LogP contribution >= 0.6 is 0 Å². The average molecular weight is 279 g/mol. The van der Waals surface area contributed by atoms with E-state index in [1.165, 1.54) is 56.6 Å². The van der Waals surface area contributed by atoms with Crippen molar-refractivity contribution >= 4 is 0 Å². The highest BCUT2D eigenvalue weighted by Crippen LogP contribution is 2.10. The highest BCUT2D eigenvalue weighted by atomic mass is 16.9. The lowest BCUT2D eigenvalue weighted by molar-refractivity contribution is -0.297. The molecule has 0 aromatic rings. The molecule has 3 heteroatoms. The van der Waals surface area contributed by atoms with Crippen LogP contribution in [0.25, 0.3) is 0 Å². The Morgan fingerprint density at radius 2 is 1.15 bits per heavy atom. The predicted molar refractivity (Wildman–Crippen MR) is 83.0 cm³/mol. The smallest absolute Gasteiger partial charge is 0.142 e. The lowest BCUT2D eigenvalue weighted by atomic mass is 10.1. The van der Waals surface area contributed by atoms with Crippen LogP contribution in [0.15, 0.2) is 0 Å². The second-order valence-electron chi connectivity index (χ2n) is 4.77. The lowest BCUT2D eigenvalue weighted by Gasteiger charge is -2.13. The van der Waals surface area contributed by atoms with E-state index >= 15 is 0 Å². The molecule has 0 aliphatic rings. The highest BCUT2D eigenvalue weighted by molar-refractivity contribution is 4.86. The van der Waals surface area contributed by atoms with Crippen LogP contribution in [0.4, 0.5) is 0 Å². The molecule has 0 unspecified atom stereocenters. The predicted octanol–water partition coefficient (Wildman–Crippen LogP) is 4.64. The molecule has 114 valence electrons. The van der Waals surface area contributed by atoms with Crippen molar-refractivity contribution in [1.82, 2.24) is 5.23 Å². The van der Waals surface area contributed by atoms with Gasteiger partial charge in [-0.2, -0.15) is 0 Å². The molecule has 20 heavy (non-hydrogen) atoms. The first-order chi connectivity index (χ1) is 9.85. The zero-order valence-corrected chi connectivity index (χ0v) is 13.3. The molecule has 0 fully saturated rings. The second kappa shape index (κ2) is 15.7. The Morgan fingerprint density at radius 1 is 0.700 bits per heavy atom. The van der Waals surface area contributed by atoms with Crippen LogP contribution < -0.4 is 0 Å². The van der Waals surface area contributed by atoms with Crippen molar-refractivity contribution in [1.29, 1.82) is 0 Å². The largest absolute Gasteiger partial charge is 0.317 e. The number of hydrogen-bond acceptors (Lipinski definition) is 3. The monoisotopic (exact) mass is 279 g/mol. The molecule has 0 aliphatic carbocycles. The quantitative estimate of drug-likeness (QED) is 0.295. The Balaban J connectivity index is 3.50. The molecule has 0 spiro atoms. The summed E-state index contributed by atoms with van der Waals surface area (Å²) in [6, 6.07) is 0. The third-order valence-electron chi connectivity index (χ3n) is 2.94. The van der Waals surface area contributed by atoms with Gasteiger partial charge in [0.15, 0.2) is 0 Å². The van der Waals surface area contributed by atoms with E-state index in [4.69, 9.17) is 9.68 Å². The lowest BCUT2D eigenvalue weighted by Crippen LogP contribution is -2.21. The van der Waals surface area contributed by atoms with Crippen LogP contribution in [0, 0.1) is 24.1 Å². The van der Waals surface area contributed by atoms with E-state index in [1.54, 1.807) is 13.8 Å². The van der Waals surface area contributed by atoms with Crippen molar-refractivity contribution in [3.05, 3.63) is 0 Å². The number of hydroxylamine groups is 2. The topological polar surface area (TPSA) is 21.7 Å². The van der Waals surface area contributed by atoms with Gasteiger partial charge < -0.3 is 9.68 Å². The fourth-order valence-electron chi connectivity index (χ4n) is 1.85. The number of nitrogens with zero attached hydrogens (tertiary/aromatic N) is 1. The maximum absolute atomic E-state index is 5.11. The van der Waals surface area contributed by atoms with Gasteiger partial charge in [-0.05, 0) is 6.42 Å². The molecular formula is C17H29NO2. The van der Waals surface area contributed by atoms with E-state index in [1.807, 2.05) is 0 Å². The van der Waals surface area contributed by atoms with Crippen molar-refractivity contribution in [2.75, 3.05) is 6.54 Å². The molecule has 0 bridgehead atoms. The van der Waals surface area contributed by atoms with Gasteiger partial charge in [0.1, 0.15) is 12.2 Å². The van der Waals surface area contributed by atoms with E-state index in [0.717, 1.165) is 6.42 Å². The third-order valence-corrected chi connectivity index (χ3v) is 2.94. The van der Waals surface area contributed by atoms with Crippen molar-refractivity contribution in [2.24, 2.45) is 0 Å². The first kappa shape index (κ1) is 18.7. The summed E-state index contributed by atoms with van der Waals surface area (Å²) in [7, 11) is 0. The van der Waals surface area contributed by atoms with E-state index in [-0.39, 0.29) is 0 Å². The summed E-state index contributed by atoms with van der Waals surface area (Å²) >= 11 is 0.